The minimum absolute atomic E-state index is 0.381. The molecular weight excluding hydrogens is 206 g/mol. The van der Waals surface area contributed by atoms with Crippen molar-refractivity contribution < 1.29 is 4.74 Å². The van der Waals surface area contributed by atoms with Crippen molar-refractivity contribution >= 4 is 11.8 Å². The first-order valence-corrected chi connectivity index (χ1v) is 5.74. The van der Waals surface area contributed by atoms with E-state index < -0.39 is 0 Å². The van der Waals surface area contributed by atoms with E-state index in [4.69, 9.17) is 10.00 Å². The van der Waals surface area contributed by atoms with Gasteiger partial charge in [-0.15, -0.1) is 0 Å². The minimum atomic E-state index is -0.381. The molecule has 0 aliphatic heterocycles. The summed E-state index contributed by atoms with van der Waals surface area (Å²) in [5.41, 5.74) is 1.96. The van der Waals surface area contributed by atoms with Gasteiger partial charge in [-0.3, -0.25) is 0 Å². The molecule has 0 bridgehead atoms. The molecule has 0 saturated carbocycles. The summed E-state index contributed by atoms with van der Waals surface area (Å²) < 4.78 is 5.49. The van der Waals surface area contributed by atoms with E-state index in [0.717, 1.165) is 5.56 Å². The van der Waals surface area contributed by atoms with Crippen molar-refractivity contribution in [3.63, 3.8) is 0 Å². The number of hydrogen-bond acceptors (Lipinski definition) is 3. The molecule has 0 aromatic heterocycles. The van der Waals surface area contributed by atoms with Crippen molar-refractivity contribution in [1.29, 1.82) is 5.26 Å². The van der Waals surface area contributed by atoms with Crippen LogP contribution in [-0.2, 0) is 10.3 Å². The Bertz CT molecular complexity index is 355. The summed E-state index contributed by atoms with van der Waals surface area (Å²) in [5.74, 6) is 0.642. The highest BCUT2D eigenvalue weighted by atomic mass is 32.2. The van der Waals surface area contributed by atoms with E-state index in [0.29, 0.717) is 5.75 Å². The van der Waals surface area contributed by atoms with Crippen molar-refractivity contribution in [3.05, 3.63) is 35.4 Å². The average molecular weight is 221 g/mol. The van der Waals surface area contributed by atoms with Gasteiger partial charge in [0.25, 0.3) is 0 Å². The van der Waals surface area contributed by atoms with Gasteiger partial charge in [0.15, 0.2) is 0 Å². The van der Waals surface area contributed by atoms with Crippen LogP contribution < -0.4 is 0 Å². The predicted octanol–water partition coefficient (Wildman–Crippen LogP) is 3.07. The maximum Gasteiger partial charge on any atom is 0.133 e. The molecule has 2 nitrogen and oxygen atoms in total. The Labute approximate surface area is 95.3 Å². The number of aryl methyl sites for hydroxylation is 1. The molecule has 1 aromatic rings. The first-order chi connectivity index (χ1) is 7.12. The third kappa shape index (κ3) is 2.98. The largest absolute Gasteiger partial charge is 0.373 e. The van der Waals surface area contributed by atoms with Gasteiger partial charge in [-0.05, 0) is 31.2 Å². The summed E-state index contributed by atoms with van der Waals surface area (Å²) in [6.07, 6.45) is 0. The number of nitrogens with zero attached hydrogens (tertiary/aromatic N) is 1. The van der Waals surface area contributed by atoms with Gasteiger partial charge in [0.2, 0.25) is 0 Å². The lowest BCUT2D eigenvalue weighted by Crippen LogP contribution is -2.27. The van der Waals surface area contributed by atoms with Crippen molar-refractivity contribution in [2.24, 2.45) is 0 Å². The molecule has 0 aliphatic carbocycles. The molecule has 1 unspecified atom stereocenters. The lowest BCUT2D eigenvalue weighted by Gasteiger charge is -2.27. The smallest absolute Gasteiger partial charge is 0.133 e. The van der Waals surface area contributed by atoms with Crippen molar-refractivity contribution in [2.45, 2.75) is 19.4 Å². The van der Waals surface area contributed by atoms with Crippen LogP contribution in [0.3, 0.4) is 0 Å². The summed E-state index contributed by atoms with van der Waals surface area (Å²) >= 11 is 1.22. The number of nitriles is 1. The monoisotopic (exact) mass is 221 g/mol. The average Bonchev–Trinajstić information content (AvgIpc) is 2.27. The molecule has 0 saturated heterocycles. The molecule has 0 spiro atoms. The Kier molecular flexibility index (Phi) is 4.19. The number of thioether (sulfide) groups is 1. The van der Waals surface area contributed by atoms with E-state index in [2.05, 4.69) is 36.6 Å². The van der Waals surface area contributed by atoms with Gasteiger partial charge >= 0.3 is 0 Å². The Balaban J connectivity index is 2.90. The fourth-order valence-corrected chi connectivity index (χ4v) is 1.96. The van der Waals surface area contributed by atoms with Crippen LogP contribution in [0.25, 0.3) is 0 Å². The highest BCUT2D eigenvalue weighted by Gasteiger charge is 2.25. The summed E-state index contributed by atoms with van der Waals surface area (Å²) in [5, 5.41) is 10.6. The standard InChI is InChI=1S/C12H15NOS/c1-10-4-6-11(7-5-10)12(2,14-3)8-15-9-13/h4-7H,8H2,1-3H3. The molecule has 80 valence electrons. The van der Waals surface area contributed by atoms with E-state index in [1.54, 1.807) is 7.11 Å². The second-order valence-electron chi connectivity index (χ2n) is 3.68. The quantitative estimate of drug-likeness (QED) is 0.732. The lowest BCUT2D eigenvalue weighted by atomic mass is 9.97. The van der Waals surface area contributed by atoms with E-state index in [1.165, 1.54) is 17.3 Å². The molecule has 0 fully saturated rings. The number of methoxy groups -OCH3 is 1. The van der Waals surface area contributed by atoms with Gasteiger partial charge in [-0.1, -0.05) is 29.8 Å². The summed E-state index contributed by atoms with van der Waals surface area (Å²) in [6, 6.07) is 8.22. The second kappa shape index (κ2) is 5.20. The zero-order chi connectivity index (χ0) is 11.3. The Hall–Kier alpha value is -0.980. The van der Waals surface area contributed by atoms with Crippen LogP contribution in [0.15, 0.2) is 24.3 Å². The highest BCUT2D eigenvalue weighted by molar-refractivity contribution is 8.03. The van der Waals surface area contributed by atoms with Crippen LogP contribution in [0.5, 0.6) is 0 Å². The number of rotatable bonds is 4. The van der Waals surface area contributed by atoms with E-state index >= 15 is 0 Å². The summed E-state index contributed by atoms with van der Waals surface area (Å²) in [6.45, 7) is 4.06. The number of ether oxygens (including phenoxy) is 1. The van der Waals surface area contributed by atoms with Crippen molar-refractivity contribution in [2.75, 3.05) is 12.9 Å². The number of hydrogen-bond donors (Lipinski definition) is 0. The van der Waals surface area contributed by atoms with Gasteiger partial charge < -0.3 is 4.74 Å². The number of thiocyanates is 1. The van der Waals surface area contributed by atoms with Crippen molar-refractivity contribution in [1.82, 2.24) is 0 Å². The highest BCUT2D eigenvalue weighted by Crippen LogP contribution is 2.28. The first-order valence-electron chi connectivity index (χ1n) is 4.75. The molecule has 3 heteroatoms. The Morgan fingerprint density at radius 3 is 2.47 bits per heavy atom. The van der Waals surface area contributed by atoms with E-state index in [9.17, 15) is 0 Å². The minimum Gasteiger partial charge on any atom is -0.373 e. The normalized spacial score (nSPS) is 14.3. The molecule has 0 aliphatic rings. The van der Waals surface area contributed by atoms with Crippen LogP contribution in [0.2, 0.25) is 0 Å². The molecule has 0 N–H and O–H groups in total. The molecule has 1 rings (SSSR count). The van der Waals surface area contributed by atoms with E-state index in [-0.39, 0.29) is 5.60 Å². The fourth-order valence-electron chi connectivity index (χ4n) is 1.34. The van der Waals surface area contributed by atoms with Gasteiger partial charge in [0, 0.05) is 12.9 Å². The molecule has 0 amide bonds. The zero-order valence-electron chi connectivity index (χ0n) is 9.28. The van der Waals surface area contributed by atoms with Gasteiger partial charge in [-0.2, -0.15) is 5.26 Å². The maximum absolute atomic E-state index is 8.57. The molecule has 0 heterocycles. The zero-order valence-corrected chi connectivity index (χ0v) is 10.1. The fraction of sp³-hybridized carbons (Fsp3) is 0.417. The summed E-state index contributed by atoms with van der Waals surface area (Å²) in [7, 11) is 1.68. The predicted molar refractivity (Wildman–Crippen MR) is 63.6 cm³/mol. The van der Waals surface area contributed by atoms with Gasteiger partial charge in [0.05, 0.1) is 5.60 Å². The third-order valence-corrected chi connectivity index (χ3v) is 3.35. The third-order valence-electron chi connectivity index (χ3n) is 2.52. The first kappa shape index (κ1) is 12.1. The Morgan fingerprint density at radius 2 is 2.00 bits per heavy atom. The van der Waals surface area contributed by atoms with Crippen LogP contribution in [0.1, 0.15) is 18.1 Å². The van der Waals surface area contributed by atoms with Gasteiger partial charge in [0.1, 0.15) is 5.40 Å². The topological polar surface area (TPSA) is 33.0 Å². The SMILES string of the molecule is COC(C)(CSC#N)c1ccc(C)cc1. The molecule has 0 radical (unpaired) electrons. The second-order valence-corrected chi connectivity index (χ2v) is 4.44. The molecule has 15 heavy (non-hydrogen) atoms. The molecule has 1 atom stereocenters. The number of benzene rings is 1. The van der Waals surface area contributed by atoms with Crippen LogP contribution in [0, 0.1) is 17.6 Å². The summed E-state index contributed by atoms with van der Waals surface area (Å²) in [4.78, 5) is 0. The van der Waals surface area contributed by atoms with E-state index in [1.807, 2.05) is 6.92 Å². The Morgan fingerprint density at radius 1 is 1.40 bits per heavy atom. The van der Waals surface area contributed by atoms with Crippen LogP contribution in [0.4, 0.5) is 0 Å². The van der Waals surface area contributed by atoms with Crippen LogP contribution in [-0.4, -0.2) is 12.9 Å². The van der Waals surface area contributed by atoms with Crippen LogP contribution >= 0.6 is 11.8 Å². The maximum atomic E-state index is 8.57. The van der Waals surface area contributed by atoms with Crippen molar-refractivity contribution in [3.8, 4) is 5.40 Å². The lowest BCUT2D eigenvalue weighted by molar-refractivity contribution is 0.0238. The molecule has 1 aromatic carbocycles. The molecular formula is C12H15NOS. The van der Waals surface area contributed by atoms with Gasteiger partial charge in [-0.25, -0.2) is 0 Å².